The Bertz CT molecular complexity index is 1630. The average molecular weight is 531 g/mol. The fourth-order valence-corrected chi connectivity index (χ4v) is 4.94. The number of H-pyrrole nitrogens is 1. The highest BCUT2D eigenvalue weighted by Gasteiger charge is 2.27. The van der Waals surface area contributed by atoms with Gasteiger partial charge in [-0.2, -0.15) is 0 Å². The minimum atomic E-state index is -0.305. The van der Waals surface area contributed by atoms with Gasteiger partial charge in [-0.25, -0.2) is 9.07 Å². The number of aromatic amines is 1. The van der Waals surface area contributed by atoms with E-state index in [2.05, 4.69) is 25.4 Å². The summed E-state index contributed by atoms with van der Waals surface area (Å²) in [5, 5.41) is 13.3. The van der Waals surface area contributed by atoms with Gasteiger partial charge in [0.25, 0.3) is 5.56 Å². The molecule has 1 atom stereocenters. The smallest absolute Gasteiger partial charge is 0.252 e. The van der Waals surface area contributed by atoms with E-state index in [0.717, 1.165) is 16.7 Å². The maximum Gasteiger partial charge on any atom is 0.252 e. The Balaban J connectivity index is 1.37. The molecule has 0 unspecified atom stereocenters. The zero-order valence-corrected chi connectivity index (χ0v) is 21.3. The van der Waals surface area contributed by atoms with Crippen LogP contribution in [0.4, 0.5) is 4.39 Å². The number of benzene rings is 2. The lowest BCUT2D eigenvalue weighted by molar-refractivity contribution is 0.161. The molecule has 1 N–H and O–H groups in total. The molecule has 0 radical (unpaired) electrons. The van der Waals surface area contributed by atoms with Gasteiger partial charge in [-0.15, -0.1) is 5.10 Å². The number of aromatic nitrogens is 5. The van der Waals surface area contributed by atoms with Crippen LogP contribution in [-0.2, 0) is 19.6 Å². The van der Waals surface area contributed by atoms with E-state index in [-0.39, 0.29) is 17.4 Å². The number of furan rings is 1. The Kier molecular flexibility index (Phi) is 6.80. The molecule has 0 saturated carbocycles. The summed E-state index contributed by atoms with van der Waals surface area (Å²) in [7, 11) is 0. The van der Waals surface area contributed by atoms with Crippen molar-refractivity contribution in [1.82, 2.24) is 30.1 Å². The highest BCUT2D eigenvalue weighted by atomic mass is 19.1. The van der Waals surface area contributed by atoms with Crippen molar-refractivity contribution in [3.05, 3.63) is 99.7 Å². The minimum Gasteiger partial charge on any atom is -0.486 e. The Morgan fingerprint density at radius 1 is 1.08 bits per heavy atom. The van der Waals surface area contributed by atoms with Gasteiger partial charge in [0.05, 0.1) is 17.8 Å². The number of tetrazole rings is 1. The molecule has 2 aromatic carbocycles. The standard InChI is InChI=1S/C28H27FN6O4/c1-2-24(27-31-32-33-35(27)17-22-4-3-9-37-22)34(15-18-5-7-21(29)8-6-18)16-20-12-19-13-25-26(39-11-10-38-25)14-23(19)30-28(20)36/h3-9,12-14,24H,2,10-11,15-17H2,1H3,(H,30,36)/t24-/m1/s1. The Hall–Kier alpha value is -4.51. The first-order chi connectivity index (χ1) is 19.1. The van der Waals surface area contributed by atoms with Crippen LogP contribution in [0.1, 0.15) is 42.1 Å². The second-order valence-electron chi connectivity index (χ2n) is 9.44. The third-order valence-corrected chi connectivity index (χ3v) is 6.83. The number of fused-ring (bicyclic) bond motifs is 2. The van der Waals surface area contributed by atoms with Crippen molar-refractivity contribution in [2.45, 2.75) is 39.0 Å². The van der Waals surface area contributed by atoms with Crippen molar-refractivity contribution in [2.24, 2.45) is 0 Å². The molecule has 1 aliphatic rings. The fraction of sp³-hybridized carbons (Fsp3) is 0.286. The summed E-state index contributed by atoms with van der Waals surface area (Å²) in [5.74, 6) is 2.33. The van der Waals surface area contributed by atoms with Crippen molar-refractivity contribution in [2.75, 3.05) is 13.2 Å². The van der Waals surface area contributed by atoms with Gasteiger partial charge in [0.2, 0.25) is 0 Å². The van der Waals surface area contributed by atoms with Crippen LogP contribution in [0.5, 0.6) is 11.5 Å². The number of halogens is 1. The number of hydrogen-bond donors (Lipinski definition) is 1. The highest BCUT2D eigenvalue weighted by molar-refractivity contribution is 5.83. The summed E-state index contributed by atoms with van der Waals surface area (Å²) in [6.45, 7) is 4.12. The minimum absolute atomic E-state index is 0.201. The SMILES string of the molecule is CC[C@H](c1nnnn1Cc1ccco1)N(Cc1ccc(F)cc1)Cc1cc2cc3c(cc2[nH]c1=O)OCCO3. The van der Waals surface area contributed by atoms with Crippen LogP contribution in [0.3, 0.4) is 0 Å². The van der Waals surface area contributed by atoms with Gasteiger partial charge >= 0.3 is 0 Å². The lowest BCUT2D eigenvalue weighted by atomic mass is 10.1. The molecule has 0 amide bonds. The van der Waals surface area contributed by atoms with Gasteiger partial charge in [0, 0.05) is 30.1 Å². The average Bonchev–Trinajstić information content (AvgIpc) is 3.63. The first-order valence-corrected chi connectivity index (χ1v) is 12.8. The number of ether oxygens (including phenoxy) is 2. The molecule has 1 aliphatic heterocycles. The summed E-state index contributed by atoms with van der Waals surface area (Å²) >= 11 is 0. The molecule has 3 aromatic heterocycles. The molecule has 39 heavy (non-hydrogen) atoms. The molecule has 6 rings (SSSR count). The molecule has 200 valence electrons. The van der Waals surface area contributed by atoms with Crippen LogP contribution in [0.2, 0.25) is 0 Å². The summed E-state index contributed by atoms with van der Waals surface area (Å²) in [6.07, 6.45) is 2.28. The molecule has 0 spiro atoms. The number of hydrogen-bond acceptors (Lipinski definition) is 8. The summed E-state index contributed by atoms with van der Waals surface area (Å²) in [5.41, 5.74) is 1.95. The summed E-state index contributed by atoms with van der Waals surface area (Å²) < 4.78 is 32.3. The van der Waals surface area contributed by atoms with Crippen LogP contribution < -0.4 is 15.0 Å². The van der Waals surface area contributed by atoms with Crippen molar-refractivity contribution in [3.8, 4) is 11.5 Å². The van der Waals surface area contributed by atoms with Gasteiger partial charge < -0.3 is 18.9 Å². The van der Waals surface area contributed by atoms with Crippen LogP contribution in [0.25, 0.3) is 10.9 Å². The topological polar surface area (TPSA) is 111 Å². The van der Waals surface area contributed by atoms with E-state index in [1.54, 1.807) is 29.1 Å². The van der Waals surface area contributed by atoms with Crippen molar-refractivity contribution in [3.63, 3.8) is 0 Å². The van der Waals surface area contributed by atoms with Crippen LogP contribution in [-0.4, -0.2) is 43.3 Å². The van der Waals surface area contributed by atoms with E-state index in [4.69, 9.17) is 13.9 Å². The van der Waals surface area contributed by atoms with Crippen molar-refractivity contribution in [1.29, 1.82) is 0 Å². The van der Waals surface area contributed by atoms with E-state index >= 15 is 0 Å². The van der Waals surface area contributed by atoms with E-state index in [1.165, 1.54) is 12.1 Å². The molecular formula is C28H27FN6O4. The molecule has 10 nitrogen and oxygen atoms in total. The third kappa shape index (κ3) is 5.26. The van der Waals surface area contributed by atoms with Gasteiger partial charge in [0.1, 0.15) is 31.3 Å². The Labute approximate surface area is 223 Å². The third-order valence-electron chi connectivity index (χ3n) is 6.83. The molecule has 0 fully saturated rings. The van der Waals surface area contributed by atoms with Gasteiger partial charge in [-0.3, -0.25) is 9.69 Å². The molecule has 0 bridgehead atoms. The van der Waals surface area contributed by atoms with Crippen molar-refractivity contribution < 1.29 is 18.3 Å². The van der Waals surface area contributed by atoms with Gasteiger partial charge in [-0.1, -0.05) is 19.1 Å². The second kappa shape index (κ2) is 10.7. The molecule has 0 aliphatic carbocycles. The van der Waals surface area contributed by atoms with Crippen LogP contribution in [0, 0.1) is 5.82 Å². The lowest BCUT2D eigenvalue weighted by Gasteiger charge is -2.30. The number of nitrogens with one attached hydrogen (secondary N) is 1. The quantitative estimate of drug-likeness (QED) is 0.302. The monoisotopic (exact) mass is 530 g/mol. The molecule has 11 heteroatoms. The van der Waals surface area contributed by atoms with Crippen LogP contribution in [0.15, 0.2) is 70.1 Å². The first-order valence-electron chi connectivity index (χ1n) is 12.8. The van der Waals surface area contributed by atoms with Gasteiger partial charge in [-0.05, 0) is 58.8 Å². The predicted molar refractivity (Wildman–Crippen MR) is 140 cm³/mol. The van der Waals surface area contributed by atoms with E-state index < -0.39 is 0 Å². The molecule has 5 aromatic rings. The second-order valence-corrected chi connectivity index (χ2v) is 9.44. The van der Waals surface area contributed by atoms with Crippen LogP contribution >= 0.6 is 0 Å². The maximum absolute atomic E-state index is 13.7. The summed E-state index contributed by atoms with van der Waals surface area (Å²) in [6, 6.07) is 15.4. The first kappa shape index (κ1) is 24.8. The Morgan fingerprint density at radius 3 is 2.62 bits per heavy atom. The van der Waals surface area contributed by atoms with E-state index in [1.807, 2.05) is 31.2 Å². The molecule has 4 heterocycles. The summed E-state index contributed by atoms with van der Waals surface area (Å²) in [4.78, 5) is 18.4. The van der Waals surface area contributed by atoms with Gasteiger partial charge in [0.15, 0.2) is 17.3 Å². The van der Waals surface area contributed by atoms with E-state index in [0.29, 0.717) is 67.7 Å². The number of pyridine rings is 1. The fourth-order valence-electron chi connectivity index (χ4n) is 4.94. The zero-order chi connectivity index (χ0) is 26.8. The zero-order valence-electron chi connectivity index (χ0n) is 21.3. The van der Waals surface area contributed by atoms with E-state index in [9.17, 15) is 9.18 Å². The Morgan fingerprint density at radius 2 is 1.87 bits per heavy atom. The maximum atomic E-state index is 13.7. The largest absolute Gasteiger partial charge is 0.486 e. The normalized spacial score (nSPS) is 13.7. The molecule has 0 saturated heterocycles. The molecular weight excluding hydrogens is 503 g/mol. The lowest BCUT2D eigenvalue weighted by Crippen LogP contribution is -2.32. The van der Waals surface area contributed by atoms with Crippen molar-refractivity contribution >= 4 is 10.9 Å². The number of rotatable bonds is 9. The number of nitrogens with zero attached hydrogens (tertiary/aromatic N) is 5. The highest BCUT2D eigenvalue weighted by Crippen LogP contribution is 2.34. The predicted octanol–water partition coefficient (Wildman–Crippen LogP) is 4.22.